The first-order valence-electron chi connectivity index (χ1n) is 7.76. The summed E-state index contributed by atoms with van der Waals surface area (Å²) in [6.45, 7) is 1.44. The maximum Gasteiger partial charge on any atom is 0.229 e. The monoisotopic (exact) mass is 333 g/mol. The number of hydrogen-bond acceptors (Lipinski definition) is 6. The Morgan fingerprint density at radius 1 is 1.12 bits per heavy atom. The molecule has 0 aliphatic rings. The van der Waals surface area contributed by atoms with Gasteiger partial charge >= 0.3 is 0 Å². The number of amides is 1. The van der Waals surface area contributed by atoms with Gasteiger partial charge in [-0.25, -0.2) is 15.0 Å². The molecule has 0 radical (unpaired) electrons. The molecule has 1 aromatic carbocycles. The summed E-state index contributed by atoms with van der Waals surface area (Å²) < 4.78 is 5.88. The van der Waals surface area contributed by atoms with E-state index in [-0.39, 0.29) is 5.91 Å². The van der Waals surface area contributed by atoms with Crippen molar-refractivity contribution >= 4 is 39.4 Å². The molecule has 0 aliphatic carbocycles. The first kappa shape index (κ1) is 15.1. The summed E-state index contributed by atoms with van der Waals surface area (Å²) in [6.07, 6.45) is 3.38. The number of carbonyl (C=O) groups is 1. The molecular weight excluding hydrogens is 318 g/mol. The van der Waals surface area contributed by atoms with Crippen LogP contribution in [0.25, 0.3) is 33.3 Å². The van der Waals surface area contributed by atoms with Gasteiger partial charge in [-0.15, -0.1) is 0 Å². The van der Waals surface area contributed by atoms with Crippen LogP contribution >= 0.6 is 0 Å². The third-order valence-electron chi connectivity index (χ3n) is 3.84. The van der Waals surface area contributed by atoms with Crippen molar-refractivity contribution in [1.29, 1.82) is 0 Å². The van der Waals surface area contributed by atoms with Crippen LogP contribution in [0.2, 0.25) is 0 Å². The van der Waals surface area contributed by atoms with E-state index in [1.165, 1.54) is 6.92 Å². The van der Waals surface area contributed by atoms with Gasteiger partial charge in [0.05, 0.1) is 5.56 Å². The van der Waals surface area contributed by atoms with Crippen LogP contribution in [0.3, 0.4) is 0 Å². The average molecular weight is 333 g/mol. The van der Waals surface area contributed by atoms with Gasteiger partial charge in [-0.05, 0) is 18.2 Å². The third kappa shape index (κ3) is 2.65. The van der Waals surface area contributed by atoms with Gasteiger partial charge in [-0.3, -0.25) is 4.79 Å². The Bertz CT molecular complexity index is 1070. The van der Waals surface area contributed by atoms with E-state index in [2.05, 4.69) is 25.6 Å². The number of para-hydroxylation sites is 2. The van der Waals surface area contributed by atoms with E-state index in [1.54, 1.807) is 25.5 Å². The average Bonchev–Trinajstić information content (AvgIpc) is 3.04. The van der Waals surface area contributed by atoms with E-state index in [1.807, 2.05) is 24.3 Å². The van der Waals surface area contributed by atoms with E-state index in [4.69, 9.17) is 4.42 Å². The summed E-state index contributed by atoms with van der Waals surface area (Å²) in [6, 6.07) is 9.37. The minimum atomic E-state index is -0.182. The van der Waals surface area contributed by atoms with Crippen LogP contribution in [0.1, 0.15) is 6.92 Å². The van der Waals surface area contributed by atoms with Crippen molar-refractivity contribution in [2.45, 2.75) is 6.92 Å². The van der Waals surface area contributed by atoms with Crippen molar-refractivity contribution in [3.8, 4) is 11.5 Å². The first-order valence-corrected chi connectivity index (χ1v) is 7.76. The Kier molecular flexibility index (Phi) is 3.53. The van der Waals surface area contributed by atoms with E-state index in [9.17, 15) is 4.79 Å². The topological polar surface area (TPSA) is 92.9 Å². The molecule has 0 bridgehead atoms. The predicted molar refractivity (Wildman–Crippen MR) is 96.4 cm³/mol. The van der Waals surface area contributed by atoms with Crippen molar-refractivity contribution < 1.29 is 9.21 Å². The lowest BCUT2D eigenvalue weighted by Crippen LogP contribution is -2.07. The molecule has 0 fully saturated rings. The zero-order valence-electron chi connectivity index (χ0n) is 13.7. The molecule has 7 nitrogen and oxygen atoms in total. The number of nitrogens with one attached hydrogen (secondary N) is 2. The highest BCUT2D eigenvalue weighted by atomic mass is 16.3. The zero-order valence-corrected chi connectivity index (χ0v) is 13.7. The summed E-state index contributed by atoms with van der Waals surface area (Å²) in [7, 11) is 1.79. The maximum atomic E-state index is 11.3. The minimum Gasteiger partial charge on any atom is -0.436 e. The van der Waals surface area contributed by atoms with Crippen molar-refractivity contribution in [2.75, 3.05) is 17.7 Å². The van der Waals surface area contributed by atoms with E-state index >= 15 is 0 Å². The Morgan fingerprint density at radius 3 is 2.72 bits per heavy atom. The number of rotatable bonds is 3. The quantitative estimate of drug-likeness (QED) is 0.596. The molecule has 7 heteroatoms. The van der Waals surface area contributed by atoms with E-state index in [0.29, 0.717) is 23.1 Å². The van der Waals surface area contributed by atoms with Crippen LogP contribution in [0, 0.1) is 0 Å². The molecule has 2 N–H and O–H groups in total. The fourth-order valence-electron chi connectivity index (χ4n) is 2.74. The van der Waals surface area contributed by atoms with Crippen LogP contribution in [-0.2, 0) is 4.79 Å². The molecule has 4 rings (SSSR count). The molecule has 0 saturated heterocycles. The Balaban J connectivity index is 1.96. The summed E-state index contributed by atoms with van der Waals surface area (Å²) in [5.41, 5.74) is 2.22. The van der Waals surface area contributed by atoms with Crippen LogP contribution in [0.4, 0.5) is 11.6 Å². The van der Waals surface area contributed by atoms with Crippen molar-refractivity contribution in [1.82, 2.24) is 15.0 Å². The molecule has 4 aromatic rings. The first-order chi connectivity index (χ1) is 12.2. The van der Waals surface area contributed by atoms with Gasteiger partial charge in [0.25, 0.3) is 0 Å². The molecule has 0 aliphatic heterocycles. The SMILES string of the molecule is CNc1ncc(-c2nc3ccccc3o2)c2cc(NC(C)=O)ncc12. The third-order valence-corrected chi connectivity index (χ3v) is 3.84. The lowest BCUT2D eigenvalue weighted by Gasteiger charge is -2.09. The van der Waals surface area contributed by atoms with Gasteiger partial charge in [-0.2, -0.15) is 0 Å². The van der Waals surface area contributed by atoms with Gasteiger partial charge < -0.3 is 15.1 Å². The van der Waals surface area contributed by atoms with Crippen LogP contribution < -0.4 is 10.6 Å². The Morgan fingerprint density at radius 2 is 1.96 bits per heavy atom. The fraction of sp³-hybridized carbons (Fsp3) is 0.111. The number of anilines is 2. The molecule has 0 unspecified atom stereocenters. The molecule has 124 valence electrons. The fourth-order valence-corrected chi connectivity index (χ4v) is 2.74. The van der Waals surface area contributed by atoms with Gasteiger partial charge in [-0.1, -0.05) is 12.1 Å². The smallest absolute Gasteiger partial charge is 0.229 e. The molecule has 3 aromatic heterocycles. The number of benzene rings is 1. The van der Waals surface area contributed by atoms with Gasteiger partial charge in [0.15, 0.2) is 5.58 Å². The lowest BCUT2D eigenvalue weighted by molar-refractivity contribution is -0.114. The van der Waals surface area contributed by atoms with Gasteiger partial charge in [0.1, 0.15) is 17.2 Å². The molecule has 1 amide bonds. The largest absolute Gasteiger partial charge is 0.436 e. The van der Waals surface area contributed by atoms with Crippen molar-refractivity contribution in [2.24, 2.45) is 0 Å². The molecule has 0 saturated carbocycles. The molecule has 0 spiro atoms. The van der Waals surface area contributed by atoms with Crippen LogP contribution in [-0.4, -0.2) is 27.9 Å². The maximum absolute atomic E-state index is 11.3. The minimum absolute atomic E-state index is 0.182. The number of hydrogen-bond donors (Lipinski definition) is 2. The Hall–Kier alpha value is -3.48. The summed E-state index contributed by atoms with van der Waals surface area (Å²) in [4.78, 5) is 24.6. The number of fused-ring (bicyclic) bond motifs is 2. The second-order valence-corrected chi connectivity index (χ2v) is 5.55. The predicted octanol–water partition coefficient (Wildman–Crippen LogP) is 3.44. The second-order valence-electron chi connectivity index (χ2n) is 5.55. The molecule has 0 atom stereocenters. The summed E-state index contributed by atoms with van der Waals surface area (Å²) in [5.74, 6) is 1.45. The van der Waals surface area contributed by atoms with E-state index < -0.39 is 0 Å². The number of carbonyl (C=O) groups excluding carboxylic acids is 1. The Labute approximate surface area is 143 Å². The van der Waals surface area contributed by atoms with Crippen LogP contribution in [0.5, 0.6) is 0 Å². The zero-order chi connectivity index (χ0) is 17.4. The van der Waals surface area contributed by atoms with Crippen molar-refractivity contribution in [3.63, 3.8) is 0 Å². The molecule has 3 heterocycles. The lowest BCUT2D eigenvalue weighted by atomic mass is 10.1. The normalized spacial score (nSPS) is 11.0. The summed E-state index contributed by atoms with van der Waals surface area (Å²) >= 11 is 0. The second kappa shape index (κ2) is 5.86. The van der Waals surface area contributed by atoms with Gasteiger partial charge in [0, 0.05) is 37.1 Å². The van der Waals surface area contributed by atoms with Crippen LogP contribution in [0.15, 0.2) is 47.1 Å². The number of oxazole rings is 1. The number of aromatic nitrogens is 3. The molecular formula is C18H15N5O2. The number of pyridine rings is 2. The van der Waals surface area contributed by atoms with E-state index in [0.717, 1.165) is 21.9 Å². The molecule has 25 heavy (non-hydrogen) atoms. The number of nitrogens with zero attached hydrogens (tertiary/aromatic N) is 3. The highest BCUT2D eigenvalue weighted by Gasteiger charge is 2.15. The van der Waals surface area contributed by atoms with Gasteiger partial charge in [0.2, 0.25) is 11.8 Å². The highest BCUT2D eigenvalue weighted by molar-refractivity contribution is 6.02. The summed E-state index contributed by atoms with van der Waals surface area (Å²) in [5, 5.41) is 7.40. The standard InChI is InChI=1S/C18H15N5O2/c1-10(24)22-16-7-11-12(8-20-16)17(19-2)21-9-13(11)18-23-14-5-3-4-6-15(14)25-18/h3-9H,1-2H3,(H,19,21)(H,20,22,24). The highest BCUT2D eigenvalue weighted by Crippen LogP contribution is 2.33. The van der Waals surface area contributed by atoms with Crippen molar-refractivity contribution in [3.05, 3.63) is 42.7 Å².